The minimum atomic E-state index is 0.612. The highest BCUT2D eigenvalue weighted by atomic mass is 35.5. The summed E-state index contributed by atoms with van der Waals surface area (Å²) in [6, 6.07) is 20.9. The van der Waals surface area contributed by atoms with Crippen LogP contribution in [0.4, 0.5) is 0 Å². The monoisotopic (exact) mass is 489 g/mol. The summed E-state index contributed by atoms with van der Waals surface area (Å²) in [5.41, 5.74) is 2.83. The fourth-order valence-corrected chi connectivity index (χ4v) is 4.66. The van der Waals surface area contributed by atoms with Gasteiger partial charge in [0.15, 0.2) is 11.0 Å². The van der Waals surface area contributed by atoms with Crippen LogP contribution >= 0.6 is 46.6 Å². The van der Waals surface area contributed by atoms with E-state index in [4.69, 9.17) is 39.5 Å². The van der Waals surface area contributed by atoms with Crippen molar-refractivity contribution >= 4 is 46.6 Å². The molecule has 3 aromatic carbocycles. The minimum absolute atomic E-state index is 0.612. The third-order valence-electron chi connectivity index (χ3n) is 4.51. The predicted octanol–water partition coefficient (Wildman–Crippen LogP) is 7.59. The van der Waals surface area contributed by atoms with Crippen molar-refractivity contribution in [3.05, 3.63) is 87.4 Å². The molecule has 0 aliphatic carbocycles. The first-order chi connectivity index (χ1) is 15.0. The molecule has 0 aliphatic heterocycles. The van der Waals surface area contributed by atoms with E-state index in [-0.39, 0.29) is 0 Å². The molecule has 4 rings (SSSR count). The summed E-state index contributed by atoms with van der Waals surface area (Å²) in [5.74, 6) is 2.17. The first-order valence-electron chi connectivity index (χ1n) is 9.56. The first-order valence-corrected chi connectivity index (χ1v) is 11.7. The van der Waals surface area contributed by atoms with Gasteiger partial charge in [-0.3, -0.25) is 4.57 Å². The number of benzene rings is 3. The lowest BCUT2D eigenvalue weighted by Crippen LogP contribution is -2.00. The van der Waals surface area contributed by atoms with E-state index in [9.17, 15) is 0 Å². The number of aromatic nitrogens is 3. The van der Waals surface area contributed by atoms with Crippen molar-refractivity contribution in [3.8, 4) is 22.8 Å². The fourth-order valence-electron chi connectivity index (χ4n) is 3.02. The Bertz CT molecular complexity index is 1180. The fraction of sp³-hybridized carbons (Fsp3) is 0.130. The van der Waals surface area contributed by atoms with E-state index >= 15 is 0 Å². The number of nitrogens with zero attached hydrogens (tertiary/aromatic N) is 3. The van der Waals surface area contributed by atoms with Crippen molar-refractivity contribution in [1.82, 2.24) is 14.8 Å². The summed E-state index contributed by atoms with van der Waals surface area (Å²) in [6.45, 7) is 2.58. The van der Waals surface area contributed by atoms with Gasteiger partial charge >= 0.3 is 0 Å². The van der Waals surface area contributed by atoms with Crippen LogP contribution in [0.3, 0.4) is 0 Å². The van der Waals surface area contributed by atoms with E-state index in [0.717, 1.165) is 33.5 Å². The van der Waals surface area contributed by atoms with E-state index in [1.54, 1.807) is 17.8 Å². The highest BCUT2D eigenvalue weighted by Crippen LogP contribution is 2.33. The second-order valence-electron chi connectivity index (χ2n) is 6.60. The van der Waals surface area contributed by atoms with E-state index in [2.05, 4.69) is 10.2 Å². The Labute approximate surface area is 200 Å². The van der Waals surface area contributed by atoms with Gasteiger partial charge in [0.25, 0.3) is 0 Å². The van der Waals surface area contributed by atoms with E-state index in [0.29, 0.717) is 27.4 Å². The smallest absolute Gasteiger partial charge is 0.196 e. The minimum Gasteiger partial charge on any atom is -0.494 e. The lowest BCUT2D eigenvalue weighted by atomic mass is 10.2. The summed E-state index contributed by atoms with van der Waals surface area (Å²) in [4.78, 5) is 0. The van der Waals surface area contributed by atoms with Crippen LogP contribution in [-0.4, -0.2) is 21.4 Å². The lowest BCUT2D eigenvalue weighted by Gasteiger charge is -2.12. The normalized spacial score (nSPS) is 11.0. The number of thioether (sulfide) groups is 1. The molecular weight excluding hydrogens is 473 g/mol. The predicted molar refractivity (Wildman–Crippen MR) is 129 cm³/mol. The van der Waals surface area contributed by atoms with Crippen molar-refractivity contribution in [3.63, 3.8) is 0 Å². The van der Waals surface area contributed by atoms with Gasteiger partial charge in [-0.05, 0) is 73.2 Å². The molecule has 4 aromatic rings. The van der Waals surface area contributed by atoms with E-state index in [1.165, 1.54) is 0 Å². The molecule has 1 aromatic heterocycles. The molecule has 8 heteroatoms. The van der Waals surface area contributed by atoms with Gasteiger partial charge in [-0.15, -0.1) is 10.2 Å². The maximum absolute atomic E-state index is 6.35. The molecule has 158 valence electrons. The molecule has 1 heterocycles. The quantitative estimate of drug-likeness (QED) is 0.250. The first kappa shape index (κ1) is 22.0. The molecule has 0 N–H and O–H groups in total. The zero-order valence-electron chi connectivity index (χ0n) is 16.6. The summed E-state index contributed by atoms with van der Waals surface area (Å²) < 4.78 is 7.60. The standard InChI is InChI=1S/C23H18Cl3N3OS/c1-2-30-20-11-9-19(10-12-20)29-22(15-3-6-17(24)7-4-15)27-28-23(29)31-14-16-5-8-18(25)13-21(16)26/h3-13H,2,14H2,1H3. The Morgan fingerprint density at radius 1 is 0.871 bits per heavy atom. The van der Waals surface area contributed by atoms with E-state index in [1.807, 2.05) is 72.2 Å². The van der Waals surface area contributed by atoms with E-state index < -0.39 is 0 Å². The molecule has 31 heavy (non-hydrogen) atoms. The molecule has 0 saturated carbocycles. The van der Waals surface area contributed by atoms with Crippen LogP contribution in [0.5, 0.6) is 5.75 Å². The van der Waals surface area contributed by atoms with Crippen LogP contribution in [0.15, 0.2) is 71.9 Å². The highest BCUT2D eigenvalue weighted by molar-refractivity contribution is 7.98. The number of halogens is 3. The van der Waals surface area contributed by atoms with Gasteiger partial charge in [-0.1, -0.05) is 52.6 Å². The molecule has 0 amide bonds. The average molecular weight is 491 g/mol. The zero-order chi connectivity index (χ0) is 21.8. The SMILES string of the molecule is CCOc1ccc(-n2c(SCc3ccc(Cl)cc3Cl)nnc2-c2ccc(Cl)cc2)cc1. The van der Waals surface area contributed by atoms with Crippen molar-refractivity contribution in [1.29, 1.82) is 0 Å². The van der Waals surface area contributed by atoms with Crippen molar-refractivity contribution < 1.29 is 4.74 Å². The molecule has 0 fully saturated rings. The highest BCUT2D eigenvalue weighted by Gasteiger charge is 2.17. The average Bonchev–Trinajstić information content (AvgIpc) is 3.18. The van der Waals surface area contributed by atoms with Crippen LogP contribution in [0, 0.1) is 0 Å². The molecule has 0 unspecified atom stereocenters. The topological polar surface area (TPSA) is 39.9 Å². The molecule has 0 aliphatic rings. The van der Waals surface area contributed by atoms with Crippen molar-refractivity contribution in [2.24, 2.45) is 0 Å². The third-order valence-corrected chi connectivity index (χ3v) is 6.33. The molecule has 0 atom stereocenters. The van der Waals surface area contributed by atoms with Crippen LogP contribution in [0.1, 0.15) is 12.5 Å². The summed E-state index contributed by atoms with van der Waals surface area (Å²) >= 11 is 20.0. The van der Waals surface area contributed by atoms with Crippen LogP contribution < -0.4 is 4.74 Å². The van der Waals surface area contributed by atoms with Crippen LogP contribution in [0.2, 0.25) is 15.1 Å². The maximum Gasteiger partial charge on any atom is 0.196 e. The number of ether oxygens (including phenoxy) is 1. The molecule has 0 spiro atoms. The second kappa shape index (κ2) is 9.96. The van der Waals surface area contributed by atoms with Crippen LogP contribution in [0.25, 0.3) is 17.1 Å². The summed E-state index contributed by atoms with van der Waals surface area (Å²) in [7, 11) is 0. The largest absolute Gasteiger partial charge is 0.494 e. The lowest BCUT2D eigenvalue weighted by molar-refractivity contribution is 0.340. The Kier molecular flexibility index (Phi) is 7.08. The van der Waals surface area contributed by atoms with Gasteiger partial charge in [0.2, 0.25) is 0 Å². The Morgan fingerprint density at radius 3 is 2.26 bits per heavy atom. The second-order valence-corrected chi connectivity index (χ2v) is 8.82. The Hall–Kier alpha value is -2.18. The summed E-state index contributed by atoms with van der Waals surface area (Å²) in [5, 5.41) is 11.6. The van der Waals surface area contributed by atoms with Crippen molar-refractivity contribution in [2.75, 3.05) is 6.61 Å². The van der Waals surface area contributed by atoms with Crippen molar-refractivity contribution in [2.45, 2.75) is 17.8 Å². The molecule has 4 nitrogen and oxygen atoms in total. The van der Waals surface area contributed by atoms with Crippen LogP contribution in [-0.2, 0) is 5.75 Å². The molecule has 0 radical (unpaired) electrons. The third kappa shape index (κ3) is 5.18. The van der Waals surface area contributed by atoms with Gasteiger partial charge in [0, 0.05) is 32.1 Å². The Morgan fingerprint density at radius 2 is 1.58 bits per heavy atom. The van der Waals surface area contributed by atoms with Gasteiger partial charge in [0.1, 0.15) is 5.75 Å². The Balaban J connectivity index is 1.71. The number of hydrogen-bond acceptors (Lipinski definition) is 4. The zero-order valence-corrected chi connectivity index (χ0v) is 19.6. The van der Waals surface area contributed by atoms with Gasteiger partial charge in [-0.25, -0.2) is 0 Å². The van der Waals surface area contributed by atoms with Gasteiger partial charge in [-0.2, -0.15) is 0 Å². The van der Waals surface area contributed by atoms with Gasteiger partial charge < -0.3 is 4.74 Å². The van der Waals surface area contributed by atoms with Gasteiger partial charge in [0.05, 0.1) is 6.61 Å². The number of hydrogen-bond donors (Lipinski definition) is 0. The molecule has 0 bridgehead atoms. The summed E-state index contributed by atoms with van der Waals surface area (Å²) in [6.07, 6.45) is 0. The molecular formula is C23H18Cl3N3OS. The number of rotatable bonds is 7. The maximum atomic E-state index is 6.35. The molecule has 0 saturated heterocycles.